The minimum absolute atomic E-state index is 0.290. The lowest BCUT2D eigenvalue weighted by atomic mass is 9.96. The molecule has 0 radical (unpaired) electrons. The first kappa shape index (κ1) is 12.7. The fourth-order valence-electron chi connectivity index (χ4n) is 1.45. The van der Waals surface area contributed by atoms with Gasteiger partial charge in [-0.3, -0.25) is 0 Å². The molecule has 0 aliphatic rings. The second kappa shape index (κ2) is 5.61. The summed E-state index contributed by atoms with van der Waals surface area (Å²) in [6, 6.07) is 4.39. The minimum atomic E-state index is -0.519. The summed E-state index contributed by atoms with van der Waals surface area (Å²) >= 11 is 3.26. The summed E-state index contributed by atoms with van der Waals surface area (Å²) in [6.45, 7) is 4.19. The van der Waals surface area contributed by atoms with Gasteiger partial charge in [-0.1, -0.05) is 42.3 Å². The maximum atomic E-state index is 12.8. The van der Waals surface area contributed by atoms with Gasteiger partial charge < -0.3 is 5.11 Å². The Morgan fingerprint density at radius 1 is 1.47 bits per heavy atom. The maximum absolute atomic E-state index is 12.8. The summed E-state index contributed by atoms with van der Waals surface area (Å²) in [6.07, 6.45) is 1.23. The van der Waals surface area contributed by atoms with Crippen LogP contribution in [0.15, 0.2) is 22.7 Å². The zero-order valence-electron chi connectivity index (χ0n) is 9.00. The van der Waals surface area contributed by atoms with Gasteiger partial charge in [0.15, 0.2) is 0 Å². The standard InChI is InChI=1S/C12H16BrFO/c1-3-8(2)6-12(15)10-5-4-9(14)7-11(10)13/h4-5,7-8,12,15H,3,6H2,1-2H3. The predicted molar refractivity (Wildman–Crippen MR) is 63.1 cm³/mol. The summed E-state index contributed by atoms with van der Waals surface area (Å²) in [5.41, 5.74) is 0.761. The molecule has 84 valence electrons. The van der Waals surface area contributed by atoms with E-state index in [2.05, 4.69) is 29.8 Å². The van der Waals surface area contributed by atoms with Gasteiger partial charge in [0.25, 0.3) is 0 Å². The molecule has 0 bridgehead atoms. The van der Waals surface area contributed by atoms with Crippen molar-refractivity contribution in [2.75, 3.05) is 0 Å². The Hall–Kier alpha value is -0.410. The molecule has 2 atom stereocenters. The highest BCUT2D eigenvalue weighted by Crippen LogP contribution is 2.29. The number of hydrogen-bond donors (Lipinski definition) is 1. The third-order valence-electron chi connectivity index (χ3n) is 2.64. The van der Waals surface area contributed by atoms with E-state index >= 15 is 0 Å². The number of rotatable bonds is 4. The van der Waals surface area contributed by atoms with Crippen LogP contribution in [-0.4, -0.2) is 5.11 Å². The van der Waals surface area contributed by atoms with Gasteiger partial charge in [0, 0.05) is 4.47 Å². The van der Waals surface area contributed by atoms with Gasteiger partial charge >= 0.3 is 0 Å². The van der Waals surface area contributed by atoms with E-state index in [1.54, 1.807) is 6.07 Å². The Morgan fingerprint density at radius 3 is 2.67 bits per heavy atom. The molecule has 3 heteroatoms. The quantitative estimate of drug-likeness (QED) is 0.878. The molecule has 0 aromatic heterocycles. The molecule has 1 N–H and O–H groups in total. The molecule has 0 fully saturated rings. The highest BCUT2D eigenvalue weighted by atomic mass is 79.9. The first-order valence-corrected chi connectivity index (χ1v) is 5.97. The van der Waals surface area contributed by atoms with Crippen LogP contribution in [-0.2, 0) is 0 Å². The second-order valence-electron chi connectivity index (χ2n) is 3.93. The van der Waals surface area contributed by atoms with Crippen molar-refractivity contribution in [3.63, 3.8) is 0 Å². The van der Waals surface area contributed by atoms with E-state index in [1.807, 2.05) is 0 Å². The van der Waals surface area contributed by atoms with Crippen LogP contribution in [0.5, 0.6) is 0 Å². The summed E-state index contributed by atoms with van der Waals surface area (Å²) in [5, 5.41) is 9.94. The van der Waals surface area contributed by atoms with Gasteiger partial charge in [0.1, 0.15) is 5.82 Å². The Labute approximate surface area is 98.4 Å². The third-order valence-corrected chi connectivity index (χ3v) is 3.33. The lowest BCUT2D eigenvalue weighted by molar-refractivity contribution is 0.145. The Kier molecular flexibility index (Phi) is 4.74. The Bertz CT molecular complexity index is 327. The van der Waals surface area contributed by atoms with Crippen LogP contribution < -0.4 is 0 Å². The van der Waals surface area contributed by atoms with Gasteiger partial charge in [0.05, 0.1) is 6.10 Å². The molecule has 0 saturated carbocycles. The molecule has 0 amide bonds. The molecule has 0 spiro atoms. The average Bonchev–Trinajstić information content (AvgIpc) is 2.17. The molecule has 1 aromatic carbocycles. The number of aliphatic hydroxyl groups excluding tert-OH is 1. The fourth-order valence-corrected chi connectivity index (χ4v) is 2.06. The zero-order chi connectivity index (χ0) is 11.4. The van der Waals surface area contributed by atoms with Gasteiger partial charge in [-0.05, 0) is 30.0 Å². The van der Waals surface area contributed by atoms with E-state index in [0.29, 0.717) is 16.8 Å². The van der Waals surface area contributed by atoms with E-state index in [0.717, 1.165) is 12.0 Å². The molecule has 15 heavy (non-hydrogen) atoms. The highest BCUT2D eigenvalue weighted by molar-refractivity contribution is 9.10. The maximum Gasteiger partial charge on any atom is 0.124 e. The van der Waals surface area contributed by atoms with Gasteiger partial charge in [-0.15, -0.1) is 0 Å². The van der Waals surface area contributed by atoms with Crippen LogP contribution in [0.25, 0.3) is 0 Å². The lowest BCUT2D eigenvalue weighted by Gasteiger charge is -2.16. The number of halogens is 2. The molecule has 1 nitrogen and oxygen atoms in total. The molecule has 1 rings (SSSR count). The second-order valence-corrected chi connectivity index (χ2v) is 4.79. The van der Waals surface area contributed by atoms with Crippen LogP contribution in [0.3, 0.4) is 0 Å². The molecular formula is C12H16BrFO. The van der Waals surface area contributed by atoms with Crippen molar-refractivity contribution in [2.24, 2.45) is 5.92 Å². The smallest absolute Gasteiger partial charge is 0.124 e. The van der Waals surface area contributed by atoms with Gasteiger partial charge in [-0.2, -0.15) is 0 Å². The van der Waals surface area contributed by atoms with Crippen molar-refractivity contribution >= 4 is 15.9 Å². The lowest BCUT2D eigenvalue weighted by Crippen LogP contribution is -2.04. The van der Waals surface area contributed by atoms with Crippen molar-refractivity contribution in [3.05, 3.63) is 34.1 Å². The van der Waals surface area contributed by atoms with Crippen molar-refractivity contribution < 1.29 is 9.50 Å². The van der Waals surface area contributed by atoms with Crippen LogP contribution >= 0.6 is 15.9 Å². The van der Waals surface area contributed by atoms with Crippen molar-refractivity contribution in [2.45, 2.75) is 32.8 Å². The molecule has 2 unspecified atom stereocenters. The highest BCUT2D eigenvalue weighted by Gasteiger charge is 2.14. The SMILES string of the molecule is CCC(C)CC(O)c1ccc(F)cc1Br. The van der Waals surface area contributed by atoms with E-state index in [-0.39, 0.29) is 5.82 Å². The van der Waals surface area contributed by atoms with E-state index in [9.17, 15) is 9.50 Å². The number of hydrogen-bond acceptors (Lipinski definition) is 1. The normalized spacial score (nSPS) is 15.0. The molecule has 0 saturated heterocycles. The predicted octanol–water partition coefficient (Wildman–Crippen LogP) is 4.06. The first-order chi connectivity index (χ1) is 7.04. The van der Waals surface area contributed by atoms with Crippen LogP contribution in [0, 0.1) is 11.7 Å². The molecule has 0 heterocycles. The van der Waals surface area contributed by atoms with Crippen LogP contribution in [0.1, 0.15) is 38.4 Å². The Balaban J connectivity index is 2.77. The summed E-state index contributed by atoms with van der Waals surface area (Å²) < 4.78 is 13.5. The molecule has 0 aliphatic carbocycles. The molecule has 0 aliphatic heterocycles. The first-order valence-electron chi connectivity index (χ1n) is 5.17. The van der Waals surface area contributed by atoms with Crippen molar-refractivity contribution in [1.82, 2.24) is 0 Å². The van der Waals surface area contributed by atoms with Gasteiger partial charge in [0.2, 0.25) is 0 Å². The summed E-state index contributed by atoms with van der Waals surface area (Å²) in [4.78, 5) is 0. The van der Waals surface area contributed by atoms with Gasteiger partial charge in [-0.25, -0.2) is 4.39 Å². The minimum Gasteiger partial charge on any atom is -0.388 e. The number of aliphatic hydroxyl groups is 1. The largest absolute Gasteiger partial charge is 0.388 e. The fraction of sp³-hybridized carbons (Fsp3) is 0.500. The molecule has 1 aromatic rings. The number of benzene rings is 1. The van der Waals surface area contributed by atoms with E-state index < -0.39 is 6.10 Å². The average molecular weight is 275 g/mol. The van der Waals surface area contributed by atoms with Crippen molar-refractivity contribution in [3.8, 4) is 0 Å². The van der Waals surface area contributed by atoms with Crippen molar-refractivity contribution in [1.29, 1.82) is 0 Å². The van der Waals surface area contributed by atoms with Crippen LogP contribution in [0.2, 0.25) is 0 Å². The summed E-state index contributed by atoms with van der Waals surface area (Å²) in [7, 11) is 0. The van der Waals surface area contributed by atoms with Crippen LogP contribution in [0.4, 0.5) is 4.39 Å². The zero-order valence-corrected chi connectivity index (χ0v) is 10.6. The van der Waals surface area contributed by atoms with E-state index in [4.69, 9.17) is 0 Å². The third kappa shape index (κ3) is 3.58. The summed E-state index contributed by atoms with van der Waals surface area (Å²) in [5.74, 6) is 0.179. The van der Waals surface area contributed by atoms with E-state index in [1.165, 1.54) is 12.1 Å². The Morgan fingerprint density at radius 2 is 2.13 bits per heavy atom. The monoisotopic (exact) mass is 274 g/mol. The topological polar surface area (TPSA) is 20.2 Å². The molecular weight excluding hydrogens is 259 g/mol.